The molecule has 0 aliphatic carbocycles. The van der Waals surface area contributed by atoms with Gasteiger partial charge in [-0.1, -0.05) is 17.7 Å². The van der Waals surface area contributed by atoms with Gasteiger partial charge in [0, 0.05) is 18.1 Å². The van der Waals surface area contributed by atoms with Crippen LogP contribution in [0, 0.1) is 0 Å². The molecule has 0 unspecified atom stereocenters. The molecule has 4 heteroatoms. The highest BCUT2D eigenvalue weighted by Crippen LogP contribution is 2.22. The first-order chi connectivity index (χ1) is 7.27. The molecule has 1 aromatic rings. The molecule has 0 radical (unpaired) electrons. The molecular weight excluding hydrogens is 212 g/mol. The summed E-state index contributed by atoms with van der Waals surface area (Å²) in [5.41, 5.74) is 6.50. The van der Waals surface area contributed by atoms with Crippen LogP contribution in [-0.4, -0.2) is 26.7 Å². The van der Waals surface area contributed by atoms with Crippen LogP contribution in [0.15, 0.2) is 18.2 Å². The number of benzene rings is 1. The van der Waals surface area contributed by atoms with Gasteiger partial charge < -0.3 is 15.8 Å². The molecule has 0 saturated carbocycles. The van der Waals surface area contributed by atoms with E-state index in [4.69, 9.17) is 22.1 Å². The number of hydrogen-bond donors (Lipinski definition) is 2. The molecule has 1 rings (SSSR count). The highest BCUT2D eigenvalue weighted by atomic mass is 35.5. The van der Waals surface area contributed by atoms with Gasteiger partial charge in [-0.15, -0.1) is 0 Å². The standard InChI is InChI=1S/C11H17ClN2O/c1-15-10-3-2-9(11(12)8-10)4-6-14-7-5-13/h2-3,8,14H,4-7,13H2,1H3. The number of methoxy groups -OCH3 is 1. The average Bonchev–Trinajstić information content (AvgIpc) is 2.26. The van der Waals surface area contributed by atoms with E-state index >= 15 is 0 Å². The van der Waals surface area contributed by atoms with Gasteiger partial charge in [0.15, 0.2) is 0 Å². The summed E-state index contributed by atoms with van der Waals surface area (Å²) in [6.45, 7) is 2.40. The minimum atomic E-state index is 0.663. The van der Waals surface area contributed by atoms with Crippen molar-refractivity contribution in [3.8, 4) is 5.75 Å². The Morgan fingerprint density at radius 1 is 1.40 bits per heavy atom. The van der Waals surface area contributed by atoms with E-state index in [1.54, 1.807) is 7.11 Å². The van der Waals surface area contributed by atoms with E-state index in [9.17, 15) is 0 Å². The highest BCUT2D eigenvalue weighted by molar-refractivity contribution is 6.31. The summed E-state index contributed by atoms with van der Waals surface area (Å²) < 4.78 is 5.08. The van der Waals surface area contributed by atoms with E-state index in [1.807, 2.05) is 18.2 Å². The molecule has 0 heterocycles. The van der Waals surface area contributed by atoms with Gasteiger partial charge in [-0.2, -0.15) is 0 Å². The third-order valence-electron chi connectivity index (χ3n) is 2.15. The van der Waals surface area contributed by atoms with Crippen LogP contribution in [0.25, 0.3) is 0 Å². The minimum absolute atomic E-state index is 0.663. The minimum Gasteiger partial charge on any atom is -0.497 e. The molecule has 0 fully saturated rings. The maximum atomic E-state index is 6.09. The fraction of sp³-hybridized carbons (Fsp3) is 0.455. The fourth-order valence-electron chi connectivity index (χ4n) is 1.31. The van der Waals surface area contributed by atoms with Crippen LogP contribution in [0.1, 0.15) is 5.56 Å². The number of nitrogens with two attached hydrogens (primary N) is 1. The Morgan fingerprint density at radius 3 is 2.80 bits per heavy atom. The molecular formula is C11H17ClN2O. The molecule has 0 atom stereocenters. The third-order valence-corrected chi connectivity index (χ3v) is 2.50. The quantitative estimate of drug-likeness (QED) is 0.725. The van der Waals surface area contributed by atoms with Crippen molar-refractivity contribution >= 4 is 11.6 Å². The molecule has 3 nitrogen and oxygen atoms in total. The number of halogens is 1. The first kappa shape index (κ1) is 12.3. The summed E-state index contributed by atoms with van der Waals surface area (Å²) in [6.07, 6.45) is 0.906. The van der Waals surface area contributed by atoms with E-state index in [2.05, 4.69) is 5.32 Å². The van der Waals surface area contributed by atoms with Crippen LogP contribution in [0.5, 0.6) is 5.75 Å². The van der Waals surface area contributed by atoms with Crippen molar-refractivity contribution in [1.82, 2.24) is 5.32 Å². The van der Waals surface area contributed by atoms with Crippen LogP contribution in [0.2, 0.25) is 5.02 Å². The van der Waals surface area contributed by atoms with Crippen molar-refractivity contribution in [3.63, 3.8) is 0 Å². The van der Waals surface area contributed by atoms with Gasteiger partial charge >= 0.3 is 0 Å². The lowest BCUT2D eigenvalue weighted by Crippen LogP contribution is -2.24. The van der Waals surface area contributed by atoms with Crippen molar-refractivity contribution in [2.75, 3.05) is 26.7 Å². The maximum absolute atomic E-state index is 6.09. The third kappa shape index (κ3) is 4.08. The summed E-state index contributed by atoms with van der Waals surface area (Å²) in [4.78, 5) is 0. The predicted octanol–water partition coefficient (Wildman–Crippen LogP) is 1.44. The van der Waals surface area contributed by atoms with E-state index in [0.717, 1.165) is 35.8 Å². The summed E-state index contributed by atoms with van der Waals surface area (Å²) in [5, 5.41) is 3.98. The summed E-state index contributed by atoms with van der Waals surface area (Å²) >= 11 is 6.09. The van der Waals surface area contributed by atoms with Gasteiger partial charge in [-0.25, -0.2) is 0 Å². The fourth-order valence-corrected chi connectivity index (χ4v) is 1.57. The lowest BCUT2D eigenvalue weighted by atomic mass is 10.1. The number of rotatable bonds is 6. The second-order valence-corrected chi connectivity index (χ2v) is 3.65. The Bertz CT molecular complexity index is 305. The lowest BCUT2D eigenvalue weighted by Gasteiger charge is -2.07. The normalized spacial score (nSPS) is 10.3. The maximum Gasteiger partial charge on any atom is 0.120 e. The van der Waals surface area contributed by atoms with Crippen molar-refractivity contribution in [2.24, 2.45) is 5.73 Å². The van der Waals surface area contributed by atoms with Gasteiger partial charge in [0.25, 0.3) is 0 Å². The van der Waals surface area contributed by atoms with Crippen molar-refractivity contribution < 1.29 is 4.74 Å². The van der Waals surface area contributed by atoms with Gasteiger partial charge in [-0.05, 0) is 30.7 Å². The van der Waals surface area contributed by atoms with Crippen LogP contribution in [0.4, 0.5) is 0 Å². The smallest absolute Gasteiger partial charge is 0.120 e. The van der Waals surface area contributed by atoms with E-state index < -0.39 is 0 Å². The zero-order chi connectivity index (χ0) is 11.1. The van der Waals surface area contributed by atoms with Crippen molar-refractivity contribution in [3.05, 3.63) is 28.8 Å². The Hall–Kier alpha value is -0.770. The Balaban J connectivity index is 2.47. The summed E-state index contributed by atoms with van der Waals surface area (Å²) in [7, 11) is 1.63. The molecule has 0 aliphatic heterocycles. The van der Waals surface area contributed by atoms with Crippen LogP contribution in [0.3, 0.4) is 0 Å². The topological polar surface area (TPSA) is 47.3 Å². The largest absolute Gasteiger partial charge is 0.497 e. The van der Waals surface area contributed by atoms with Gasteiger partial charge in [0.2, 0.25) is 0 Å². The second-order valence-electron chi connectivity index (χ2n) is 3.25. The zero-order valence-corrected chi connectivity index (χ0v) is 9.68. The van der Waals surface area contributed by atoms with Crippen LogP contribution >= 0.6 is 11.6 Å². The van der Waals surface area contributed by atoms with Crippen molar-refractivity contribution in [2.45, 2.75) is 6.42 Å². The first-order valence-electron chi connectivity index (χ1n) is 5.01. The van der Waals surface area contributed by atoms with Gasteiger partial charge in [-0.3, -0.25) is 0 Å². The molecule has 0 saturated heterocycles. The monoisotopic (exact) mass is 228 g/mol. The SMILES string of the molecule is COc1ccc(CCNCCN)c(Cl)c1. The van der Waals surface area contributed by atoms with E-state index in [1.165, 1.54) is 0 Å². The molecule has 84 valence electrons. The summed E-state index contributed by atoms with van der Waals surface area (Å²) in [6, 6.07) is 5.75. The molecule has 3 N–H and O–H groups in total. The predicted molar refractivity (Wildman–Crippen MR) is 63.6 cm³/mol. The Morgan fingerprint density at radius 2 is 2.20 bits per heavy atom. The van der Waals surface area contributed by atoms with Crippen LogP contribution < -0.4 is 15.8 Å². The number of hydrogen-bond acceptors (Lipinski definition) is 3. The first-order valence-corrected chi connectivity index (χ1v) is 5.39. The van der Waals surface area contributed by atoms with Gasteiger partial charge in [0.1, 0.15) is 5.75 Å². The Kier molecular flexibility index (Phi) is 5.47. The molecule has 0 spiro atoms. The van der Waals surface area contributed by atoms with E-state index in [0.29, 0.717) is 6.54 Å². The van der Waals surface area contributed by atoms with Gasteiger partial charge in [0.05, 0.1) is 7.11 Å². The molecule has 1 aromatic carbocycles. The second kappa shape index (κ2) is 6.67. The molecule has 0 bridgehead atoms. The van der Waals surface area contributed by atoms with E-state index in [-0.39, 0.29) is 0 Å². The lowest BCUT2D eigenvalue weighted by molar-refractivity contribution is 0.414. The molecule has 0 aliphatic rings. The summed E-state index contributed by atoms with van der Waals surface area (Å²) in [5.74, 6) is 0.790. The van der Waals surface area contributed by atoms with Crippen LogP contribution in [-0.2, 0) is 6.42 Å². The molecule has 0 aromatic heterocycles. The number of ether oxygens (including phenoxy) is 1. The average molecular weight is 229 g/mol. The number of nitrogens with one attached hydrogen (secondary N) is 1. The van der Waals surface area contributed by atoms with Crippen molar-refractivity contribution in [1.29, 1.82) is 0 Å². The Labute approximate surface area is 95.6 Å². The molecule has 15 heavy (non-hydrogen) atoms. The highest BCUT2D eigenvalue weighted by Gasteiger charge is 2.01. The molecule has 0 amide bonds. The zero-order valence-electron chi connectivity index (χ0n) is 8.92.